The molecule has 0 atom stereocenters. The molecule has 1 aromatic carbocycles. The Hall–Kier alpha value is -2.18. The monoisotopic (exact) mass is 358 g/mol. The minimum Gasteiger partial charge on any atom is -0.494 e. The smallest absolute Gasteiger partial charge is 0.255 e. The Morgan fingerprint density at radius 2 is 2.00 bits per heavy atom. The van der Waals surface area contributed by atoms with Gasteiger partial charge in [0.05, 0.1) is 17.2 Å². The fraction of sp³-hybridized carbons (Fsp3) is 0.222. The van der Waals surface area contributed by atoms with E-state index in [4.69, 9.17) is 4.74 Å². The van der Waals surface area contributed by atoms with E-state index in [0.29, 0.717) is 12.2 Å². The summed E-state index contributed by atoms with van der Waals surface area (Å²) in [5.74, 6) is 0.642. The summed E-state index contributed by atoms with van der Waals surface area (Å²) in [6.45, 7) is 6.53. The van der Waals surface area contributed by atoms with Crippen LogP contribution in [-0.2, 0) is 0 Å². The molecule has 0 saturated carbocycles. The largest absolute Gasteiger partial charge is 0.494 e. The van der Waals surface area contributed by atoms with Gasteiger partial charge in [-0.15, -0.1) is 22.7 Å². The normalized spacial score (nSPS) is 10.6. The number of thiophene rings is 1. The van der Waals surface area contributed by atoms with Crippen LogP contribution < -0.4 is 10.1 Å². The average Bonchev–Trinajstić information content (AvgIpc) is 3.15. The highest BCUT2D eigenvalue weighted by atomic mass is 32.1. The third-order valence-electron chi connectivity index (χ3n) is 3.42. The number of benzene rings is 1. The molecule has 0 spiro atoms. The summed E-state index contributed by atoms with van der Waals surface area (Å²) in [6, 6.07) is 9.15. The molecule has 3 aromatic rings. The van der Waals surface area contributed by atoms with Crippen molar-refractivity contribution in [3.8, 4) is 15.6 Å². The van der Waals surface area contributed by atoms with Crippen molar-refractivity contribution >= 4 is 34.3 Å². The maximum atomic E-state index is 12.4. The zero-order chi connectivity index (χ0) is 17.1. The van der Waals surface area contributed by atoms with Gasteiger partial charge in [0, 0.05) is 21.5 Å². The Morgan fingerprint density at radius 3 is 2.62 bits per heavy atom. The van der Waals surface area contributed by atoms with Gasteiger partial charge in [-0.3, -0.25) is 4.79 Å². The van der Waals surface area contributed by atoms with Crippen molar-refractivity contribution in [2.24, 2.45) is 0 Å². The summed E-state index contributed by atoms with van der Waals surface area (Å²) in [7, 11) is 0. The van der Waals surface area contributed by atoms with Gasteiger partial charge in [-0.1, -0.05) is 0 Å². The molecule has 3 rings (SSSR count). The second-order valence-electron chi connectivity index (χ2n) is 5.29. The van der Waals surface area contributed by atoms with Crippen molar-refractivity contribution in [2.75, 3.05) is 11.9 Å². The second-order valence-corrected chi connectivity index (χ2v) is 7.40. The first kappa shape index (κ1) is 16.7. The topological polar surface area (TPSA) is 51.2 Å². The zero-order valence-corrected chi connectivity index (χ0v) is 15.4. The van der Waals surface area contributed by atoms with Crippen molar-refractivity contribution in [1.29, 1.82) is 0 Å². The molecule has 0 fully saturated rings. The van der Waals surface area contributed by atoms with Gasteiger partial charge in [-0.05, 0) is 51.1 Å². The summed E-state index contributed by atoms with van der Waals surface area (Å²) in [5.41, 5.74) is 2.46. The highest BCUT2D eigenvalue weighted by Crippen LogP contribution is 2.35. The number of ether oxygens (including phenoxy) is 1. The predicted molar refractivity (Wildman–Crippen MR) is 100 cm³/mol. The fourth-order valence-electron chi connectivity index (χ4n) is 2.24. The Kier molecular flexibility index (Phi) is 4.97. The van der Waals surface area contributed by atoms with Crippen molar-refractivity contribution in [3.63, 3.8) is 0 Å². The first-order chi connectivity index (χ1) is 11.6. The van der Waals surface area contributed by atoms with Crippen molar-refractivity contribution in [2.45, 2.75) is 20.8 Å². The molecule has 2 aromatic heterocycles. The van der Waals surface area contributed by atoms with Crippen LogP contribution in [0.15, 0.2) is 35.7 Å². The number of rotatable bonds is 5. The molecule has 124 valence electrons. The van der Waals surface area contributed by atoms with Crippen LogP contribution in [0.25, 0.3) is 9.88 Å². The van der Waals surface area contributed by atoms with Crippen LogP contribution >= 0.6 is 22.7 Å². The zero-order valence-electron chi connectivity index (χ0n) is 13.8. The van der Waals surface area contributed by atoms with Crippen LogP contribution in [-0.4, -0.2) is 17.5 Å². The first-order valence-corrected chi connectivity index (χ1v) is 9.33. The van der Waals surface area contributed by atoms with Crippen molar-refractivity contribution < 1.29 is 9.53 Å². The molecule has 0 bridgehead atoms. The molecule has 1 amide bonds. The average molecular weight is 358 g/mol. The Balaban J connectivity index is 1.75. The number of hydrogen-bond acceptors (Lipinski definition) is 5. The van der Waals surface area contributed by atoms with E-state index in [-0.39, 0.29) is 5.91 Å². The van der Waals surface area contributed by atoms with E-state index in [0.717, 1.165) is 31.9 Å². The van der Waals surface area contributed by atoms with Gasteiger partial charge in [-0.2, -0.15) is 0 Å². The molecule has 1 N–H and O–H groups in total. The van der Waals surface area contributed by atoms with Crippen molar-refractivity contribution in [1.82, 2.24) is 4.98 Å². The number of aromatic nitrogens is 1. The molecule has 24 heavy (non-hydrogen) atoms. The third-order valence-corrected chi connectivity index (χ3v) is 5.60. The lowest BCUT2D eigenvalue weighted by Gasteiger charge is -2.06. The Bertz CT molecular complexity index is 850. The SMILES string of the molecule is CCOc1ccc(C(=O)Nc2cc(-c3nc(C)cs3)sc2C)cc1. The minimum absolute atomic E-state index is 0.124. The van der Waals surface area contributed by atoms with Crippen LogP contribution in [0.5, 0.6) is 5.75 Å². The molecule has 0 aliphatic rings. The number of nitrogens with zero attached hydrogens (tertiary/aromatic N) is 1. The molecule has 6 heteroatoms. The van der Waals surface area contributed by atoms with Gasteiger partial charge >= 0.3 is 0 Å². The third kappa shape index (κ3) is 3.66. The summed E-state index contributed by atoms with van der Waals surface area (Å²) in [5, 5.41) is 6.00. The van der Waals surface area contributed by atoms with Gasteiger partial charge < -0.3 is 10.1 Å². The molecule has 0 radical (unpaired) electrons. The number of thiazole rings is 1. The van der Waals surface area contributed by atoms with Crippen molar-refractivity contribution in [3.05, 3.63) is 51.8 Å². The fourth-order valence-corrected chi connectivity index (χ4v) is 4.08. The maximum absolute atomic E-state index is 12.4. The standard InChI is InChI=1S/C18H18N2O2S2/c1-4-22-14-7-5-13(6-8-14)17(21)20-15-9-16(24-12(15)3)18-19-11(2)10-23-18/h5-10H,4H2,1-3H3,(H,20,21). The van der Waals surface area contributed by atoms with Crippen LogP contribution in [0.3, 0.4) is 0 Å². The van der Waals surface area contributed by atoms with Gasteiger partial charge in [0.25, 0.3) is 5.91 Å². The predicted octanol–water partition coefficient (Wildman–Crippen LogP) is 5.14. The molecule has 0 aliphatic heterocycles. The van der Waals surface area contributed by atoms with E-state index >= 15 is 0 Å². The highest BCUT2D eigenvalue weighted by Gasteiger charge is 2.13. The first-order valence-electron chi connectivity index (χ1n) is 7.64. The highest BCUT2D eigenvalue weighted by molar-refractivity contribution is 7.21. The van der Waals surface area contributed by atoms with E-state index in [1.165, 1.54) is 0 Å². The number of hydrogen-bond donors (Lipinski definition) is 1. The number of anilines is 1. The van der Waals surface area contributed by atoms with E-state index < -0.39 is 0 Å². The number of nitrogens with one attached hydrogen (secondary N) is 1. The number of aryl methyl sites for hydroxylation is 2. The summed E-state index contributed by atoms with van der Waals surface area (Å²) >= 11 is 3.26. The minimum atomic E-state index is -0.124. The number of carbonyl (C=O) groups is 1. The summed E-state index contributed by atoms with van der Waals surface area (Å²) < 4.78 is 5.40. The van der Waals surface area contributed by atoms with Crippen LogP contribution in [0, 0.1) is 13.8 Å². The van der Waals surface area contributed by atoms with Crippen LogP contribution in [0.1, 0.15) is 27.9 Å². The summed E-state index contributed by atoms with van der Waals surface area (Å²) in [4.78, 5) is 19.1. The van der Waals surface area contributed by atoms with Crippen LogP contribution in [0.4, 0.5) is 5.69 Å². The molecular formula is C18H18N2O2S2. The molecule has 4 nitrogen and oxygen atoms in total. The molecule has 2 heterocycles. The van der Waals surface area contributed by atoms with Gasteiger partial charge in [0.2, 0.25) is 0 Å². The van der Waals surface area contributed by atoms with Gasteiger partial charge in [0.1, 0.15) is 10.8 Å². The number of carbonyl (C=O) groups excluding carboxylic acids is 1. The number of amides is 1. The Morgan fingerprint density at radius 1 is 1.25 bits per heavy atom. The molecule has 0 unspecified atom stereocenters. The molecule has 0 saturated heterocycles. The summed E-state index contributed by atoms with van der Waals surface area (Å²) in [6.07, 6.45) is 0. The van der Waals surface area contributed by atoms with E-state index in [1.807, 2.05) is 44.4 Å². The second kappa shape index (κ2) is 7.15. The van der Waals surface area contributed by atoms with E-state index in [2.05, 4.69) is 10.3 Å². The lowest BCUT2D eigenvalue weighted by atomic mass is 10.2. The lowest BCUT2D eigenvalue weighted by Crippen LogP contribution is -2.11. The molecule has 0 aliphatic carbocycles. The Labute approximate surface area is 149 Å². The van der Waals surface area contributed by atoms with Gasteiger partial charge in [0.15, 0.2) is 0 Å². The van der Waals surface area contributed by atoms with E-state index in [1.54, 1.807) is 34.8 Å². The maximum Gasteiger partial charge on any atom is 0.255 e. The van der Waals surface area contributed by atoms with E-state index in [9.17, 15) is 4.79 Å². The quantitative estimate of drug-likeness (QED) is 0.687. The van der Waals surface area contributed by atoms with Crippen LogP contribution in [0.2, 0.25) is 0 Å². The molecular weight excluding hydrogens is 340 g/mol. The lowest BCUT2D eigenvalue weighted by molar-refractivity contribution is 0.102. The van der Waals surface area contributed by atoms with Gasteiger partial charge in [-0.25, -0.2) is 4.98 Å².